The van der Waals surface area contributed by atoms with Crippen molar-refractivity contribution in [1.29, 1.82) is 0 Å². The van der Waals surface area contributed by atoms with E-state index in [0.717, 1.165) is 39.1 Å². The van der Waals surface area contributed by atoms with E-state index in [4.69, 9.17) is 5.73 Å². The van der Waals surface area contributed by atoms with Gasteiger partial charge in [0.15, 0.2) is 0 Å². The molecule has 0 bridgehead atoms. The lowest BCUT2D eigenvalue weighted by Crippen LogP contribution is -2.31. The molecule has 5 nitrogen and oxygen atoms in total. The summed E-state index contributed by atoms with van der Waals surface area (Å²) in [5, 5.41) is 4.29. The van der Waals surface area contributed by atoms with E-state index in [0.29, 0.717) is 6.61 Å². The van der Waals surface area contributed by atoms with Crippen LogP contribution in [0.3, 0.4) is 0 Å². The molecule has 1 aliphatic rings. The highest BCUT2D eigenvalue weighted by Crippen LogP contribution is 1.95. The first-order chi connectivity index (χ1) is 6.29. The van der Waals surface area contributed by atoms with Crippen molar-refractivity contribution in [3.63, 3.8) is 0 Å². The molecule has 0 aliphatic carbocycles. The third kappa shape index (κ3) is 4.69. The number of nitrogens with zero attached hydrogens (tertiary/aromatic N) is 2. The van der Waals surface area contributed by atoms with Crippen molar-refractivity contribution in [1.82, 2.24) is 10.2 Å². The number of primary amides is 1. The van der Waals surface area contributed by atoms with Crippen LogP contribution in [-0.2, 0) is 4.74 Å². The van der Waals surface area contributed by atoms with Crippen molar-refractivity contribution in [2.75, 3.05) is 39.3 Å². The standard InChI is InChI=1S/C8H16N3O2/c9-8(12)13-7-6-11-4-1-2-10-3-5-11/h1-7H2,(H2,9,12). The van der Waals surface area contributed by atoms with Crippen LogP contribution in [0.1, 0.15) is 6.42 Å². The summed E-state index contributed by atoms with van der Waals surface area (Å²) in [6, 6.07) is 0. The van der Waals surface area contributed by atoms with Crippen LogP contribution >= 0.6 is 0 Å². The van der Waals surface area contributed by atoms with Gasteiger partial charge in [0.2, 0.25) is 0 Å². The van der Waals surface area contributed by atoms with E-state index >= 15 is 0 Å². The van der Waals surface area contributed by atoms with E-state index in [1.807, 2.05) is 0 Å². The first kappa shape index (κ1) is 10.3. The summed E-state index contributed by atoms with van der Waals surface area (Å²) in [4.78, 5) is 12.5. The Morgan fingerprint density at radius 1 is 1.46 bits per heavy atom. The van der Waals surface area contributed by atoms with Gasteiger partial charge >= 0.3 is 6.09 Å². The van der Waals surface area contributed by atoms with Gasteiger partial charge in [-0.15, -0.1) is 0 Å². The van der Waals surface area contributed by atoms with Crippen LogP contribution in [0.4, 0.5) is 4.79 Å². The number of hydrogen-bond donors (Lipinski definition) is 1. The molecule has 1 rings (SSSR count). The monoisotopic (exact) mass is 186 g/mol. The molecule has 0 saturated carbocycles. The molecule has 0 aromatic rings. The molecule has 1 heterocycles. The number of nitrogens with two attached hydrogens (primary N) is 1. The molecule has 1 fully saturated rings. The molecule has 1 amide bonds. The second kappa shape index (κ2) is 5.77. The third-order valence-electron chi connectivity index (χ3n) is 2.02. The van der Waals surface area contributed by atoms with Crippen LogP contribution in [0, 0.1) is 0 Å². The summed E-state index contributed by atoms with van der Waals surface area (Å²) >= 11 is 0. The maximum Gasteiger partial charge on any atom is 0.404 e. The maximum atomic E-state index is 10.3. The summed E-state index contributed by atoms with van der Waals surface area (Å²) < 4.78 is 4.65. The first-order valence-electron chi connectivity index (χ1n) is 4.57. The van der Waals surface area contributed by atoms with Gasteiger partial charge in [-0.05, 0) is 13.0 Å². The quantitative estimate of drug-likeness (QED) is 0.639. The molecule has 0 unspecified atom stereocenters. The zero-order valence-corrected chi connectivity index (χ0v) is 7.74. The highest BCUT2D eigenvalue weighted by molar-refractivity contribution is 5.64. The summed E-state index contributed by atoms with van der Waals surface area (Å²) in [5.41, 5.74) is 4.84. The molecule has 1 aliphatic heterocycles. The summed E-state index contributed by atoms with van der Waals surface area (Å²) in [7, 11) is 0. The van der Waals surface area contributed by atoms with E-state index in [2.05, 4.69) is 15.0 Å². The van der Waals surface area contributed by atoms with Gasteiger partial charge in [-0.3, -0.25) is 4.90 Å². The normalized spacial score (nSPS) is 19.4. The average Bonchev–Trinajstić information content (AvgIpc) is 2.32. The number of ether oxygens (including phenoxy) is 1. The van der Waals surface area contributed by atoms with E-state index in [9.17, 15) is 4.79 Å². The number of amides is 1. The molecule has 0 spiro atoms. The second-order valence-electron chi connectivity index (χ2n) is 3.03. The molecule has 75 valence electrons. The molecule has 0 aromatic carbocycles. The highest BCUT2D eigenvalue weighted by atomic mass is 16.5. The minimum absolute atomic E-state index is 0.384. The van der Waals surface area contributed by atoms with Crippen LogP contribution in [0.5, 0.6) is 0 Å². The molecule has 1 radical (unpaired) electrons. The van der Waals surface area contributed by atoms with E-state index in [-0.39, 0.29) is 0 Å². The second-order valence-corrected chi connectivity index (χ2v) is 3.03. The van der Waals surface area contributed by atoms with Gasteiger partial charge in [0.1, 0.15) is 6.61 Å². The van der Waals surface area contributed by atoms with Gasteiger partial charge in [0, 0.05) is 26.2 Å². The fraction of sp³-hybridized carbons (Fsp3) is 0.875. The SMILES string of the molecule is NC(=O)OCCN1CCC[N]CC1. The van der Waals surface area contributed by atoms with Crippen LogP contribution in [-0.4, -0.2) is 50.3 Å². The zero-order valence-electron chi connectivity index (χ0n) is 7.74. The number of carbonyl (C=O) groups is 1. The van der Waals surface area contributed by atoms with Gasteiger partial charge in [-0.1, -0.05) is 0 Å². The average molecular weight is 186 g/mol. The van der Waals surface area contributed by atoms with Crippen molar-refractivity contribution in [3.8, 4) is 0 Å². The van der Waals surface area contributed by atoms with Crippen molar-refractivity contribution in [2.24, 2.45) is 5.73 Å². The van der Waals surface area contributed by atoms with Gasteiger partial charge in [-0.2, -0.15) is 0 Å². The summed E-state index contributed by atoms with van der Waals surface area (Å²) in [6.45, 7) is 4.98. The summed E-state index contributed by atoms with van der Waals surface area (Å²) in [6.07, 6.45) is 0.399. The minimum atomic E-state index is -0.695. The molecule has 2 N–H and O–H groups in total. The Labute approximate surface area is 78.2 Å². The van der Waals surface area contributed by atoms with E-state index in [1.165, 1.54) is 0 Å². The Balaban J connectivity index is 2.08. The number of carbonyl (C=O) groups excluding carboxylic acids is 1. The lowest BCUT2D eigenvalue weighted by Gasteiger charge is -2.18. The zero-order chi connectivity index (χ0) is 9.52. The molecule has 13 heavy (non-hydrogen) atoms. The lowest BCUT2D eigenvalue weighted by molar-refractivity contribution is 0.137. The molecule has 0 aromatic heterocycles. The predicted molar refractivity (Wildman–Crippen MR) is 48.5 cm³/mol. The predicted octanol–water partition coefficient (Wildman–Crippen LogP) is -0.608. The Bertz CT molecular complexity index is 155. The van der Waals surface area contributed by atoms with Gasteiger partial charge in [0.25, 0.3) is 0 Å². The largest absolute Gasteiger partial charge is 0.448 e. The smallest absolute Gasteiger partial charge is 0.404 e. The fourth-order valence-corrected chi connectivity index (χ4v) is 1.34. The van der Waals surface area contributed by atoms with E-state index in [1.54, 1.807) is 0 Å². The van der Waals surface area contributed by atoms with Crippen LogP contribution in [0.2, 0.25) is 0 Å². The van der Waals surface area contributed by atoms with Gasteiger partial charge in [-0.25, -0.2) is 10.1 Å². The Kier molecular flexibility index (Phi) is 4.56. The van der Waals surface area contributed by atoms with Gasteiger partial charge in [0.05, 0.1) is 0 Å². The first-order valence-corrected chi connectivity index (χ1v) is 4.57. The number of hydrogen-bond acceptors (Lipinski definition) is 3. The van der Waals surface area contributed by atoms with Gasteiger partial charge < -0.3 is 10.5 Å². The van der Waals surface area contributed by atoms with Crippen molar-refractivity contribution < 1.29 is 9.53 Å². The Morgan fingerprint density at radius 2 is 2.31 bits per heavy atom. The fourth-order valence-electron chi connectivity index (χ4n) is 1.34. The lowest BCUT2D eigenvalue weighted by atomic mass is 10.4. The Morgan fingerprint density at radius 3 is 3.08 bits per heavy atom. The van der Waals surface area contributed by atoms with Crippen molar-refractivity contribution in [2.45, 2.75) is 6.42 Å². The Hall–Kier alpha value is -0.810. The van der Waals surface area contributed by atoms with Crippen LogP contribution < -0.4 is 11.1 Å². The van der Waals surface area contributed by atoms with Crippen molar-refractivity contribution >= 4 is 6.09 Å². The summed E-state index contributed by atoms with van der Waals surface area (Å²) in [5.74, 6) is 0. The molecular formula is C8H16N3O2. The molecule has 1 saturated heterocycles. The van der Waals surface area contributed by atoms with E-state index < -0.39 is 6.09 Å². The minimum Gasteiger partial charge on any atom is -0.448 e. The molecule has 5 heteroatoms. The van der Waals surface area contributed by atoms with Crippen LogP contribution in [0.25, 0.3) is 0 Å². The van der Waals surface area contributed by atoms with Crippen molar-refractivity contribution in [3.05, 3.63) is 0 Å². The number of rotatable bonds is 3. The molecular weight excluding hydrogens is 170 g/mol. The third-order valence-corrected chi connectivity index (χ3v) is 2.02. The molecule has 0 atom stereocenters. The maximum absolute atomic E-state index is 10.3. The highest BCUT2D eigenvalue weighted by Gasteiger charge is 2.08. The van der Waals surface area contributed by atoms with Crippen LogP contribution in [0.15, 0.2) is 0 Å². The topological polar surface area (TPSA) is 69.7 Å².